The van der Waals surface area contributed by atoms with Crippen molar-refractivity contribution in [3.63, 3.8) is 0 Å². The van der Waals surface area contributed by atoms with Crippen LogP contribution >= 0.6 is 0 Å². The van der Waals surface area contributed by atoms with E-state index < -0.39 is 5.54 Å². The lowest BCUT2D eigenvalue weighted by molar-refractivity contribution is -0.121. The number of rotatable bonds is 4. The van der Waals surface area contributed by atoms with Gasteiger partial charge in [0.25, 0.3) is 0 Å². The Kier molecular flexibility index (Phi) is 10.2. The fraction of sp³-hybridized carbons (Fsp3) is 0.909. The molecule has 0 aliphatic carbocycles. The maximum atomic E-state index is 10.4. The molecule has 0 radical (unpaired) electrons. The summed E-state index contributed by atoms with van der Waals surface area (Å²) in [6, 6.07) is 0. The highest BCUT2D eigenvalue weighted by molar-refractivity contribution is 5.73. The van der Waals surface area contributed by atoms with Crippen LogP contribution in [0.4, 0.5) is 0 Å². The first-order valence-corrected chi connectivity index (χ1v) is 5.29. The first-order valence-electron chi connectivity index (χ1n) is 5.29. The quantitative estimate of drug-likeness (QED) is 0.735. The molecule has 0 saturated carbocycles. The molecular weight excluding hydrogens is 178 g/mol. The van der Waals surface area contributed by atoms with Gasteiger partial charge in [-0.15, -0.1) is 0 Å². The monoisotopic (exact) mass is 203 g/mol. The van der Waals surface area contributed by atoms with Crippen molar-refractivity contribution in [1.82, 2.24) is 5.32 Å². The standard InChI is InChI=1S/C6H13NO2.C5H12/c1-5(9)7-6(2,3)4-8;1-3-5-4-2/h8H,4H2,1-3H3,(H,7,9);3-5H2,1-2H3. The first kappa shape index (κ1) is 15.9. The number of unbranched alkanes of at least 4 members (excludes halogenated alkanes) is 2. The average Bonchev–Trinajstić information content (AvgIpc) is 2.05. The molecule has 0 aromatic heterocycles. The van der Waals surface area contributed by atoms with Crippen LogP contribution < -0.4 is 5.32 Å². The summed E-state index contributed by atoms with van der Waals surface area (Å²) < 4.78 is 0. The Bertz CT molecular complexity index is 142. The van der Waals surface area contributed by atoms with Gasteiger partial charge in [0.2, 0.25) is 5.91 Å². The Labute approximate surface area is 87.9 Å². The third-order valence-electron chi connectivity index (χ3n) is 1.62. The van der Waals surface area contributed by atoms with Gasteiger partial charge in [0.05, 0.1) is 12.1 Å². The van der Waals surface area contributed by atoms with Gasteiger partial charge < -0.3 is 10.4 Å². The summed E-state index contributed by atoms with van der Waals surface area (Å²) >= 11 is 0. The molecule has 0 unspecified atom stereocenters. The molecule has 0 bridgehead atoms. The Hall–Kier alpha value is -0.570. The van der Waals surface area contributed by atoms with Gasteiger partial charge in [-0.3, -0.25) is 4.79 Å². The predicted molar refractivity (Wildman–Crippen MR) is 60.2 cm³/mol. The van der Waals surface area contributed by atoms with E-state index in [9.17, 15) is 4.79 Å². The lowest BCUT2D eigenvalue weighted by atomic mass is 10.1. The Morgan fingerprint density at radius 3 is 1.79 bits per heavy atom. The van der Waals surface area contributed by atoms with Crippen molar-refractivity contribution in [2.24, 2.45) is 0 Å². The fourth-order valence-corrected chi connectivity index (χ4v) is 0.870. The molecule has 3 heteroatoms. The average molecular weight is 203 g/mol. The van der Waals surface area contributed by atoms with Crippen LogP contribution in [0.15, 0.2) is 0 Å². The largest absolute Gasteiger partial charge is 0.394 e. The molecule has 3 nitrogen and oxygen atoms in total. The molecule has 86 valence electrons. The van der Waals surface area contributed by atoms with Gasteiger partial charge in [-0.25, -0.2) is 0 Å². The van der Waals surface area contributed by atoms with E-state index in [1.165, 1.54) is 26.2 Å². The normalized spacial score (nSPS) is 10.1. The highest BCUT2D eigenvalue weighted by atomic mass is 16.3. The Morgan fingerprint density at radius 2 is 1.71 bits per heavy atom. The van der Waals surface area contributed by atoms with Crippen LogP contribution in [0.5, 0.6) is 0 Å². The number of aliphatic hydroxyl groups excluding tert-OH is 1. The summed E-state index contributed by atoms with van der Waals surface area (Å²) in [6.07, 6.45) is 4.08. The molecule has 0 rings (SSSR count). The maximum Gasteiger partial charge on any atom is 0.217 e. The number of amides is 1. The summed E-state index contributed by atoms with van der Waals surface area (Å²) in [7, 11) is 0. The van der Waals surface area contributed by atoms with Gasteiger partial charge in [-0.2, -0.15) is 0 Å². The van der Waals surface area contributed by atoms with E-state index in [1.807, 2.05) is 0 Å². The zero-order valence-electron chi connectivity index (χ0n) is 10.2. The van der Waals surface area contributed by atoms with E-state index in [0.29, 0.717) is 0 Å². The molecule has 0 saturated heterocycles. The van der Waals surface area contributed by atoms with Crippen LogP contribution in [-0.4, -0.2) is 23.2 Å². The molecule has 0 fully saturated rings. The predicted octanol–water partition coefficient (Wildman–Crippen LogP) is 2.09. The zero-order chi connectivity index (χ0) is 11.6. The van der Waals surface area contributed by atoms with E-state index in [1.54, 1.807) is 13.8 Å². The van der Waals surface area contributed by atoms with Crippen LogP contribution in [0.25, 0.3) is 0 Å². The van der Waals surface area contributed by atoms with Gasteiger partial charge in [0.1, 0.15) is 0 Å². The van der Waals surface area contributed by atoms with Gasteiger partial charge in [0, 0.05) is 6.92 Å². The minimum absolute atomic E-state index is 0.0351. The number of nitrogens with one attached hydrogen (secondary N) is 1. The van der Waals surface area contributed by atoms with Crippen molar-refractivity contribution in [3.8, 4) is 0 Å². The summed E-state index contributed by atoms with van der Waals surface area (Å²) in [6.45, 7) is 9.33. The molecule has 2 N–H and O–H groups in total. The van der Waals surface area contributed by atoms with Crippen LogP contribution in [0.1, 0.15) is 53.9 Å². The second-order valence-electron chi connectivity index (χ2n) is 4.08. The summed E-state index contributed by atoms with van der Waals surface area (Å²) in [5, 5.41) is 11.2. The van der Waals surface area contributed by atoms with Crippen LogP contribution in [0.3, 0.4) is 0 Å². The SMILES string of the molecule is CC(=O)NC(C)(C)CO.CCCCC. The van der Waals surface area contributed by atoms with E-state index in [4.69, 9.17) is 5.11 Å². The molecule has 14 heavy (non-hydrogen) atoms. The van der Waals surface area contributed by atoms with Gasteiger partial charge in [0.15, 0.2) is 0 Å². The molecule has 0 aliphatic heterocycles. The zero-order valence-corrected chi connectivity index (χ0v) is 10.2. The van der Waals surface area contributed by atoms with Crippen molar-refractivity contribution in [1.29, 1.82) is 0 Å². The molecule has 0 aromatic rings. The van der Waals surface area contributed by atoms with E-state index in [2.05, 4.69) is 19.2 Å². The van der Waals surface area contributed by atoms with E-state index in [-0.39, 0.29) is 12.5 Å². The van der Waals surface area contributed by atoms with Crippen molar-refractivity contribution in [3.05, 3.63) is 0 Å². The van der Waals surface area contributed by atoms with Crippen LogP contribution in [0, 0.1) is 0 Å². The topological polar surface area (TPSA) is 49.3 Å². The minimum atomic E-state index is -0.480. The second kappa shape index (κ2) is 9.00. The lowest BCUT2D eigenvalue weighted by Gasteiger charge is -2.21. The lowest BCUT2D eigenvalue weighted by Crippen LogP contribution is -2.45. The van der Waals surface area contributed by atoms with Crippen molar-refractivity contribution in [2.75, 3.05) is 6.61 Å². The Morgan fingerprint density at radius 1 is 1.29 bits per heavy atom. The van der Waals surface area contributed by atoms with Gasteiger partial charge in [-0.05, 0) is 13.8 Å². The fourth-order valence-electron chi connectivity index (χ4n) is 0.870. The van der Waals surface area contributed by atoms with Crippen molar-refractivity contribution in [2.45, 2.75) is 59.4 Å². The molecule has 0 heterocycles. The third-order valence-corrected chi connectivity index (χ3v) is 1.62. The highest BCUT2D eigenvalue weighted by Gasteiger charge is 2.15. The maximum absolute atomic E-state index is 10.4. The minimum Gasteiger partial charge on any atom is -0.394 e. The van der Waals surface area contributed by atoms with Crippen molar-refractivity contribution < 1.29 is 9.90 Å². The number of carbonyl (C=O) groups is 1. The van der Waals surface area contributed by atoms with Crippen LogP contribution in [0.2, 0.25) is 0 Å². The summed E-state index contributed by atoms with van der Waals surface area (Å²) in [5.74, 6) is -0.117. The summed E-state index contributed by atoms with van der Waals surface area (Å²) in [5.41, 5.74) is -0.480. The number of aliphatic hydroxyl groups is 1. The Balaban J connectivity index is 0. The molecule has 0 aliphatic rings. The molecule has 0 atom stereocenters. The molecular formula is C11H25NO2. The first-order chi connectivity index (χ1) is 6.39. The third kappa shape index (κ3) is 14.0. The molecule has 1 amide bonds. The van der Waals surface area contributed by atoms with E-state index >= 15 is 0 Å². The molecule has 0 spiro atoms. The number of carbonyl (C=O) groups excluding carboxylic acids is 1. The second-order valence-corrected chi connectivity index (χ2v) is 4.08. The highest BCUT2D eigenvalue weighted by Crippen LogP contribution is 1.97. The van der Waals surface area contributed by atoms with Crippen LogP contribution in [-0.2, 0) is 4.79 Å². The van der Waals surface area contributed by atoms with E-state index in [0.717, 1.165) is 0 Å². The summed E-state index contributed by atoms with van der Waals surface area (Å²) in [4.78, 5) is 10.4. The smallest absolute Gasteiger partial charge is 0.217 e. The number of hydrogen-bond donors (Lipinski definition) is 2. The van der Waals surface area contributed by atoms with Gasteiger partial charge >= 0.3 is 0 Å². The van der Waals surface area contributed by atoms with Crippen molar-refractivity contribution >= 4 is 5.91 Å². The molecule has 0 aromatic carbocycles. The number of hydrogen-bond acceptors (Lipinski definition) is 2. The van der Waals surface area contributed by atoms with Gasteiger partial charge in [-0.1, -0.05) is 33.1 Å².